The molecule has 0 bridgehead atoms. The molecule has 0 aliphatic rings. The van der Waals surface area contributed by atoms with E-state index in [0.29, 0.717) is 0 Å². The van der Waals surface area contributed by atoms with Crippen molar-refractivity contribution in [3.8, 4) is 5.75 Å². The van der Waals surface area contributed by atoms with Crippen molar-refractivity contribution in [3.05, 3.63) is 63.9 Å². The predicted molar refractivity (Wildman–Crippen MR) is 82.6 cm³/mol. The van der Waals surface area contributed by atoms with Crippen LogP contribution in [-0.4, -0.2) is 13.7 Å². The maximum atomic E-state index is 13.6. The van der Waals surface area contributed by atoms with Crippen LogP contribution in [0.4, 0.5) is 4.39 Å². The first-order valence-corrected chi connectivity index (χ1v) is 7.28. The fourth-order valence-corrected chi connectivity index (χ4v) is 2.71. The zero-order valence-electron chi connectivity index (χ0n) is 11.5. The number of ether oxygens (including phenoxy) is 1. The largest absolute Gasteiger partial charge is 0.496 e. The number of benzene rings is 2. The fraction of sp³-hybridized carbons (Fsp3) is 0.250. The molecule has 2 nitrogen and oxygen atoms in total. The van der Waals surface area contributed by atoms with E-state index in [9.17, 15) is 4.39 Å². The van der Waals surface area contributed by atoms with Gasteiger partial charge in [-0.2, -0.15) is 0 Å². The lowest BCUT2D eigenvalue weighted by atomic mass is 9.97. The molecule has 0 aliphatic heterocycles. The molecule has 2 rings (SSSR count). The van der Waals surface area contributed by atoms with Crippen LogP contribution in [0.2, 0.25) is 0 Å². The van der Waals surface area contributed by atoms with E-state index >= 15 is 0 Å². The molecule has 0 saturated carbocycles. The number of nitrogens with one attached hydrogen (secondary N) is 1. The standard InChI is InChI=1S/C16H17BrFNO/c1-3-19-16(12-6-4-5-7-15(12)20-2)13-10-11(18)8-9-14(13)17/h4-10,16,19H,3H2,1-2H3. The van der Waals surface area contributed by atoms with Crippen molar-refractivity contribution in [1.82, 2.24) is 5.32 Å². The molecule has 0 amide bonds. The van der Waals surface area contributed by atoms with Crippen molar-refractivity contribution >= 4 is 15.9 Å². The Hall–Kier alpha value is -1.39. The SMILES string of the molecule is CCNC(c1cc(F)ccc1Br)c1ccccc1OC. The van der Waals surface area contributed by atoms with Crippen LogP contribution in [-0.2, 0) is 0 Å². The Morgan fingerprint density at radius 3 is 2.65 bits per heavy atom. The summed E-state index contributed by atoms with van der Waals surface area (Å²) in [5, 5.41) is 3.38. The first-order chi connectivity index (χ1) is 9.67. The van der Waals surface area contributed by atoms with E-state index < -0.39 is 0 Å². The second kappa shape index (κ2) is 6.86. The van der Waals surface area contributed by atoms with Gasteiger partial charge in [0.2, 0.25) is 0 Å². The van der Waals surface area contributed by atoms with Gasteiger partial charge in [0.25, 0.3) is 0 Å². The van der Waals surface area contributed by atoms with Gasteiger partial charge in [-0.05, 0) is 36.4 Å². The number of hydrogen-bond acceptors (Lipinski definition) is 2. The van der Waals surface area contributed by atoms with Gasteiger partial charge in [0.15, 0.2) is 0 Å². The Balaban J connectivity index is 2.53. The minimum atomic E-state index is -0.249. The summed E-state index contributed by atoms with van der Waals surface area (Å²) in [6.07, 6.45) is 0. The van der Waals surface area contributed by atoms with Crippen LogP contribution in [0.15, 0.2) is 46.9 Å². The molecule has 0 radical (unpaired) electrons. The Kier molecular flexibility index (Phi) is 5.15. The molecule has 0 spiro atoms. The van der Waals surface area contributed by atoms with Gasteiger partial charge in [-0.3, -0.25) is 0 Å². The van der Waals surface area contributed by atoms with Crippen LogP contribution in [0, 0.1) is 5.82 Å². The lowest BCUT2D eigenvalue weighted by Gasteiger charge is -2.22. The molecule has 0 saturated heterocycles. The highest BCUT2D eigenvalue weighted by atomic mass is 79.9. The van der Waals surface area contributed by atoms with E-state index in [0.717, 1.165) is 27.9 Å². The van der Waals surface area contributed by atoms with Crippen LogP contribution >= 0.6 is 15.9 Å². The monoisotopic (exact) mass is 337 g/mol. The summed E-state index contributed by atoms with van der Waals surface area (Å²) < 4.78 is 19.9. The zero-order valence-corrected chi connectivity index (χ0v) is 13.1. The fourth-order valence-electron chi connectivity index (χ4n) is 2.23. The molecular formula is C16H17BrFNO. The lowest BCUT2D eigenvalue weighted by molar-refractivity contribution is 0.404. The second-order valence-corrected chi connectivity index (χ2v) is 5.25. The molecule has 2 aromatic rings. The molecule has 0 aliphatic carbocycles. The molecule has 0 aromatic heterocycles. The molecule has 1 unspecified atom stereocenters. The third-order valence-electron chi connectivity index (χ3n) is 3.13. The molecule has 0 heterocycles. The Labute approximate surface area is 127 Å². The molecule has 1 N–H and O–H groups in total. The summed E-state index contributed by atoms with van der Waals surface area (Å²) in [6.45, 7) is 2.79. The van der Waals surface area contributed by atoms with Crippen molar-refractivity contribution in [3.63, 3.8) is 0 Å². The van der Waals surface area contributed by atoms with Gasteiger partial charge in [-0.1, -0.05) is 41.1 Å². The summed E-state index contributed by atoms with van der Waals surface area (Å²) in [5.74, 6) is 0.538. The van der Waals surface area contributed by atoms with Crippen molar-refractivity contribution in [2.24, 2.45) is 0 Å². The molecule has 1 atom stereocenters. The lowest BCUT2D eigenvalue weighted by Crippen LogP contribution is -2.23. The van der Waals surface area contributed by atoms with E-state index in [4.69, 9.17) is 4.74 Å². The predicted octanol–water partition coefficient (Wildman–Crippen LogP) is 4.30. The molecule has 2 aromatic carbocycles. The average Bonchev–Trinajstić information content (AvgIpc) is 2.47. The topological polar surface area (TPSA) is 21.3 Å². The number of para-hydroxylation sites is 1. The number of halogens is 2. The molecule has 20 heavy (non-hydrogen) atoms. The number of methoxy groups -OCH3 is 1. The van der Waals surface area contributed by atoms with Crippen LogP contribution < -0.4 is 10.1 Å². The van der Waals surface area contributed by atoms with Crippen molar-refractivity contribution in [2.75, 3.05) is 13.7 Å². The molecular weight excluding hydrogens is 321 g/mol. The first-order valence-electron chi connectivity index (χ1n) is 6.48. The smallest absolute Gasteiger partial charge is 0.123 e. The minimum Gasteiger partial charge on any atom is -0.496 e. The van der Waals surface area contributed by atoms with Gasteiger partial charge in [0.1, 0.15) is 11.6 Å². The first kappa shape index (κ1) is 15.0. The molecule has 106 valence electrons. The van der Waals surface area contributed by atoms with E-state index in [1.165, 1.54) is 6.07 Å². The van der Waals surface area contributed by atoms with Crippen LogP contribution in [0.25, 0.3) is 0 Å². The van der Waals surface area contributed by atoms with Gasteiger partial charge in [0, 0.05) is 10.0 Å². The average molecular weight is 338 g/mol. The highest BCUT2D eigenvalue weighted by Gasteiger charge is 2.19. The van der Waals surface area contributed by atoms with E-state index in [1.807, 2.05) is 31.2 Å². The Bertz CT molecular complexity index is 588. The van der Waals surface area contributed by atoms with Crippen molar-refractivity contribution in [2.45, 2.75) is 13.0 Å². The number of rotatable bonds is 5. The summed E-state index contributed by atoms with van der Waals surface area (Å²) in [5.41, 5.74) is 1.85. The quantitative estimate of drug-likeness (QED) is 0.878. The summed E-state index contributed by atoms with van der Waals surface area (Å²) in [7, 11) is 1.64. The van der Waals surface area contributed by atoms with Crippen LogP contribution in [0.5, 0.6) is 5.75 Å². The van der Waals surface area contributed by atoms with E-state index in [-0.39, 0.29) is 11.9 Å². The highest BCUT2D eigenvalue weighted by molar-refractivity contribution is 9.10. The van der Waals surface area contributed by atoms with Gasteiger partial charge in [0.05, 0.1) is 13.2 Å². The van der Waals surface area contributed by atoms with Gasteiger partial charge < -0.3 is 10.1 Å². The van der Waals surface area contributed by atoms with E-state index in [1.54, 1.807) is 19.2 Å². The Morgan fingerprint density at radius 1 is 1.20 bits per heavy atom. The Morgan fingerprint density at radius 2 is 1.95 bits per heavy atom. The normalized spacial score (nSPS) is 12.2. The maximum Gasteiger partial charge on any atom is 0.123 e. The molecule has 4 heteroatoms. The second-order valence-electron chi connectivity index (χ2n) is 4.40. The molecule has 0 fully saturated rings. The van der Waals surface area contributed by atoms with Crippen molar-refractivity contribution in [1.29, 1.82) is 0 Å². The van der Waals surface area contributed by atoms with Gasteiger partial charge in [-0.15, -0.1) is 0 Å². The van der Waals surface area contributed by atoms with Crippen molar-refractivity contribution < 1.29 is 9.13 Å². The number of hydrogen-bond donors (Lipinski definition) is 1. The minimum absolute atomic E-state index is 0.124. The summed E-state index contributed by atoms with van der Waals surface area (Å²) >= 11 is 3.50. The highest BCUT2D eigenvalue weighted by Crippen LogP contribution is 2.33. The zero-order chi connectivity index (χ0) is 14.5. The van der Waals surface area contributed by atoms with E-state index in [2.05, 4.69) is 21.2 Å². The van der Waals surface area contributed by atoms with Gasteiger partial charge in [-0.25, -0.2) is 4.39 Å². The van der Waals surface area contributed by atoms with Crippen LogP contribution in [0.3, 0.4) is 0 Å². The third kappa shape index (κ3) is 3.19. The third-order valence-corrected chi connectivity index (χ3v) is 3.85. The van der Waals surface area contributed by atoms with Gasteiger partial charge >= 0.3 is 0 Å². The maximum absolute atomic E-state index is 13.6. The summed E-state index contributed by atoms with van der Waals surface area (Å²) in [6, 6.07) is 12.4. The summed E-state index contributed by atoms with van der Waals surface area (Å²) in [4.78, 5) is 0. The van der Waals surface area contributed by atoms with Crippen LogP contribution in [0.1, 0.15) is 24.1 Å².